The van der Waals surface area contributed by atoms with Crippen LogP contribution in [0.4, 0.5) is 4.39 Å². The molecule has 2 nitrogen and oxygen atoms in total. The van der Waals surface area contributed by atoms with Crippen molar-refractivity contribution in [2.24, 2.45) is 0 Å². The Hall–Kier alpha value is -1.68. The summed E-state index contributed by atoms with van der Waals surface area (Å²) in [4.78, 5) is 11.9. The zero-order valence-corrected chi connectivity index (χ0v) is 11.1. The van der Waals surface area contributed by atoms with Crippen molar-refractivity contribution in [3.8, 4) is 0 Å². The van der Waals surface area contributed by atoms with Crippen molar-refractivity contribution < 1.29 is 9.18 Å². The second-order valence-electron chi connectivity index (χ2n) is 3.79. The molecule has 0 spiro atoms. The fourth-order valence-electron chi connectivity index (χ4n) is 1.53. The summed E-state index contributed by atoms with van der Waals surface area (Å²) in [6.07, 6.45) is 0. The van der Waals surface area contributed by atoms with Gasteiger partial charge in [0.1, 0.15) is 5.82 Å². The molecular weight excluding hydrogens is 297 g/mol. The molecule has 4 heteroatoms. The van der Waals surface area contributed by atoms with Crippen molar-refractivity contribution in [2.45, 2.75) is 6.54 Å². The minimum Gasteiger partial charge on any atom is -0.348 e. The van der Waals surface area contributed by atoms with Crippen molar-refractivity contribution in [2.75, 3.05) is 0 Å². The van der Waals surface area contributed by atoms with Crippen LogP contribution in [0.2, 0.25) is 0 Å². The second-order valence-corrected chi connectivity index (χ2v) is 4.64. The first kappa shape index (κ1) is 12.8. The van der Waals surface area contributed by atoms with Gasteiger partial charge in [-0.05, 0) is 45.8 Å². The number of hydrogen-bond acceptors (Lipinski definition) is 1. The first-order chi connectivity index (χ1) is 8.66. The lowest BCUT2D eigenvalue weighted by molar-refractivity contribution is 0.0950. The molecule has 0 atom stereocenters. The summed E-state index contributed by atoms with van der Waals surface area (Å²) in [5, 5.41) is 2.78. The Labute approximate surface area is 113 Å². The van der Waals surface area contributed by atoms with Gasteiger partial charge in [0.2, 0.25) is 0 Å². The summed E-state index contributed by atoms with van der Waals surface area (Å²) < 4.78 is 13.5. The van der Waals surface area contributed by atoms with Gasteiger partial charge in [-0.15, -0.1) is 0 Å². The lowest BCUT2D eigenvalue weighted by atomic mass is 10.2. The van der Waals surface area contributed by atoms with Gasteiger partial charge in [0.25, 0.3) is 5.91 Å². The third kappa shape index (κ3) is 3.17. The maximum absolute atomic E-state index is 12.7. The Morgan fingerprint density at radius 3 is 2.44 bits per heavy atom. The summed E-state index contributed by atoms with van der Waals surface area (Å²) in [5.41, 5.74) is 1.44. The van der Waals surface area contributed by atoms with E-state index in [-0.39, 0.29) is 11.7 Å². The summed E-state index contributed by atoms with van der Waals surface area (Å²) in [7, 11) is 0. The van der Waals surface area contributed by atoms with Crippen LogP contribution in [0.3, 0.4) is 0 Å². The molecule has 0 saturated heterocycles. The van der Waals surface area contributed by atoms with E-state index in [0.717, 1.165) is 10.0 Å². The molecule has 0 aliphatic heterocycles. The quantitative estimate of drug-likeness (QED) is 0.923. The highest BCUT2D eigenvalue weighted by atomic mass is 79.9. The topological polar surface area (TPSA) is 29.1 Å². The van der Waals surface area contributed by atoms with Crippen LogP contribution in [0.5, 0.6) is 0 Å². The van der Waals surface area contributed by atoms with Crippen molar-refractivity contribution in [1.29, 1.82) is 0 Å². The molecule has 0 aliphatic rings. The molecule has 0 aliphatic carbocycles. The maximum Gasteiger partial charge on any atom is 0.252 e. The van der Waals surface area contributed by atoms with Gasteiger partial charge >= 0.3 is 0 Å². The lowest BCUT2D eigenvalue weighted by Crippen LogP contribution is -2.23. The van der Waals surface area contributed by atoms with Crippen molar-refractivity contribution in [3.63, 3.8) is 0 Å². The monoisotopic (exact) mass is 307 g/mol. The number of amides is 1. The van der Waals surface area contributed by atoms with Crippen LogP contribution in [-0.4, -0.2) is 5.91 Å². The van der Waals surface area contributed by atoms with Crippen LogP contribution in [0.25, 0.3) is 0 Å². The Balaban J connectivity index is 2.01. The molecule has 0 saturated carbocycles. The Morgan fingerprint density at radius 2 is 1.78 bits per heavy atom. The minimum absolute atomic E-state index is 0.160. The van der Waals surface area contributed by atoms with E-state index in [2.05, 4.69) is 21.2 Å². The van der Waals surface area contributed by atoms with E-state index in [4.69, 9.17) is 0 Å². The normalized spacial score (nSPS) is 10.1. The summed E-state index contributed by atoms with van der Waals surface area (Å²) >= 11 is 3.32. The van der Waals surface area contributed by atoms with E-state index >= 15 is 0 Å². The molecular formula is C14H11BrFNO. The number of nitrogens with one attached hydrogen (secondary N) is 1. The fraction of sp³-hybridized carbons (Fsp3) is 0.0714. The predicted molar refractivity (Wildman–Crippen MR) is 71.7 cm³/mol. The zero-order chi connectivity index (χ0) is 13.0. The number of rotatable bonds is 3. The highest BCUT2D eigenvalue weighted by Crippen LogP contribution is 2.15. The first-order valence-electron chi connectivity index (χ1n) is 5.44. The van der Waals surface area contributed by atoms with Crippen LogP contribution in [0, 0.1) is 5.82 Å². The molecule has 0 aromatic heterocycles. The van der Waals surface area contributed by atoms with Crippen molar-refractivity contribution >= 4 is 21.8 Å². The van der Waals surface area contributed by atoms with Crippen LogP contribution in [0.1, 0.15) is 15.9 Å². The Kier molecular flexibility index (Phi) is 4.10. The fourth-order valence-corrected chi connectivity index (χ4v) is 1.99. The maximum atomic E-state index is 12.7. The van der Waals surface area contributed by atoms with Crippen molar-refractivity contribution in [3.05, 3.63) is 69.9 Å². The number of hydrogen-bond donors (Lipinski definition) is 1. The zero-order valence-electron chi connectivity index (χ0n) is 9.49. The summed E-state index contributed by atoms with van der Waals surface area (Å²) in [6, 6.07) is 13.3. The largest absolute Gasteiger partial charge is 0.348 e. The molecule has 92 valence electrons. The van der Waals surface area contributed by atoms with E-state index < -0.39 is 0 Å². The molecule has 18 heavy (non-hydrogen) atoms. The van der Waals surface area contributed by atoms with Gasteiger partial charge in [-0.2, -0.15) is 0 Å². The summed E-state index contributed by atoms with van der Waals surface area (Å²) in [6.45, 7) is 0.375. The number of carbonyl (C=O) groups excluding carboxylic acids is 1. The van der Waals surface area contributed by atoms with Gasteiger partial charge in [-0.3, -0.25) is 4.79 Å². The third-order valence-corrected chi connectivity index (χ3v) is 3.18. The molecule has 0 radical (unpaired) electrons. The average Bonchev–Trinajstić information content (AvgIpc) is 2.38. The second kappa shape index (κ2) is 5.78. The van der Waals surface area contributed by atoms with Gasteiger partial charge in [-0.25, -0.2) is 4.39 Å². The molecule has 0 fully saturated rings. The van der Waals surface area contributed by atoms with Gasteiger partial charge in [0.05, 0.1) is 5.56 Å². The van der Waals surface area contributed by atoms with E-state index in [1.165, 1.54) is 12.1 Å². The van der Waals surface area contributed by atoms with Gasteiger partial charge in [0, 0.05) is 11.0 Å². The van der Waals surface area contributed by atoms with Gasteiger partial charge in [0.15, 0.2) is 0 Å². The molecule has 2 rings (SSSR count). The van der Waals surface area contributed by atoms with E-state index in [9.17, 15) is 9.18 Å². The predicted octanol–water partition coefficient (Wildman–Crippen LogP) is 3.52. The highest BCUT2D eigenvalue weighted by Gasteiger charge is 2.08. The van der Waals surface area contributed by atoms with Gasteiger partial charge < -0.3 is 5.32 Å². The minimum atomic E-state index is -0.282. The SMILES string of the molecule is O=C(NCc1ccc(F)cc1)c1ccccc1Br. The van der Waals surface area contributed by atoms with E-state index in [0.29, 0.717) is 12.1 Å². The molecule has 0 unspecified atom stereocenters. The van der Waals surface area contributed by atoms with Crippen LogP contribution in [-0.2, 0) is 6.54 Å². The smallest absolute Gasteiger partial charge is 0.252 e. The lowest BCUT2D eigenvalue weighted by Gasteiger charge is -2.06. The summed E-state index contributed by atoms with van der Waals surface area (Å²) in [5.74, 6) is -0.442. The number of carbonyl (C=O) groups is 1. The van der Waals surface area contributed by atoms with Crippen LogP contribution in [0.15, 0.2) is 53.0 Å². The standard InChI is InChI=1S/C14H11BrFNO/c15-13-4-2-1-3-12(13)14(18)17-9-10-5-7-11(16)8-6-10/h1-8H,9H2,(H,17,18). The van der Waals surface area contributed by atoms with Crippen LogP contribution >= 0.6 is 15.9 Å². The van der Waals surface area contributed by atoms with E-state index in [1.54, 1.807) is 24.3 Å². The first-order valence-corrected chi connectivity index (χ1v) is 6.23. The Morgan fingerprint density at radius 1 is 1.11 bits per heavy atom. The molecule has 1 amide bonds. The highest BCUT2D eigenvalue weighted by molar-refractivity contribution is 9.10. The van der Waals surface area contributed by atoms with Crippen LogP contribution < -0.4 is 5.32 Å². The average molecular weight is 308 g/mol. The Bertz CT molecular complexity index is 554. The third-order valence-electron chi connectivity index (χ3n) is 2.48. The van der Waals surface area contributed by atoms with Crippen molar-refractivity contribution in [1.82, 2.24) is 5.32 Å². The number of benzene rings is 2. The molecule has 2 aromatic rings. The van der Waals surface area contributed by atoms with Gasteiger partial charge in [-0.1, -0.05) is 24.3 Å². The molecule has 2 aromatic carbocycles. The number of halogens is 2. The molecule has 0 bridgehead atoms. The molecule has 1 N–H and O–H groups in total. The molecule has 0 heterocycles. The van der Waals surface area contributed by atoms with E-state index in [1.807, 2.05) is 12.1 Å².